The first-order chi connectivity index (χ1) is 14.1. The van der Waals surface area contributed by atoms with Gasteiger partial charge < -0.3 is 15.4 Å². The van der Waals surface area contributed by atoms with E-state index >= 15 is 0 Å². The van der Waals surface area contributed by atoms with Crippen LogP contribution in [0.2, 0.25) is 0 Å². The summed E-state index contributed by atoms with van der Waals surface area (Å²) in [5.74, 6) is 1.79. The Hall–Kier alpha value is -1.07. The standard InChI is InChI=1S/C22H38N4O3S.HI/c1-22(2,11-14-30(5,27)28)17-25-21(23-3)24-16-20(26-12-6-7-13-26)18-9-8-10-19(15-18)29-4;/h8-10,15,20H,6-7,11-14,16-17H2,1-5H3,(H2,23,24,25);1H. The number of benzene rings is 1. The monoisotopic (exact) mass is 566 g/mol. The molecule has 31 heavy (non-hydrogen) atoms. The van der Waals surface area contributed by atoms with E-state index in [-0.39, 0.29) is 41.2 Å². The van der Waals surface area contributed by atoms with Gasteiger partial charge in [-0.3, -0.25) is 9.89 Å². The van der Waals surface area contributed by atoms with Gasteiger partial charge in [0.1, 0.15) is 15.6 Å². The number of likely N-dealkylation sites (tertiary alicyclic amines) is 1. The molecule has 2 N–H and O–H groups in total. The predicted molar refractivity (Wildman–Crippen MR) is 139 cm³/mol. The van der Waals surface area contributed by atoms with Gasteiger partial charge in [-0.15, -0.1) is 24.0 Å². The lowest BCUT2D eigenvalue weighted by Gasteiger charge is -2.30. The van der Waals surface area contributed by atoms with Gasteiger partial charge in [-0.2, -0.15) is 0 Å². The average molecular weight is 567 g/mol. The highest BCUT2D eigenvalue weighted by molar-refractivity contribution is 14.0. The molecule has 0 saturated carbocycles. The summed E-state index contributed by atoms with van der Waals surface area (Å²) in [5.41, 5.74) is 1.08. The van der Waals surface area contributed by atoms with Gasteiger partial charge in [0.2, 0.25) is 0 Å². The molecule has 1 atom stereocenters. The lowest BCUT2D eigenvalue weighted by Crippen LogP contribution is -2.45. The molecule has 2 rings (SSSR count). The zero-order chi connectivity index (χ0) is 22.2. The van der Waals surface area contributed by atoms with Crippen molar-refractivity contribution < 1.29 is 13.2 Å². The van der Waals surface area contributed by atoms with E-state index in [4.69, 9.17) is 4.74 Å². The lowest BCUT2D eigenvalue weighted by atomic mass is 9.90. The molecule has 7 nitrogen and oxygen atoms in total. The van der Waals surface area contributed by atoms with Gasteiger partial charge in [0, 0.05) is 26.4 Å². The van der Waals surface area contributed by atoms with Crippen LogP contribution in [0.4, 0.5) is 0 Å². The second-order valence-corrected chi connectivity index (χ2v) is 11.1. The Balaban J connectivity index is 0.00000480. The van der Waals surface area contributed by atoms with Crippen LogP contribution in [0.5, 0.6) is 5.75 Å². The number of hydrogen-bond acceptors (Lipinski definition) is 5. The van der Waals surface area contributed by atoms with Crippen molar-refractivity contribution >= 4 is 39.8 Å². The summed E-state index contributed by atoms with van der Waals surface area (Å²) >= 11 is 0. The van der Waals surface area contributed by atoms with Crippen molar-refractivity contribution in [3.05, 3.63) is 29.8 Å². The highest BCUT2D eigenvalue weighted by atomic mass is 127. The lowest BCUT2D eigenvalue weighted by molar-refractivity contribution is 0.244. The van der Waals surface area contributed by atoms with E-state index < -0.39 is 9.84 Å². The second-order valence-electron chi connectivity index (χ2n) is 8.89. The Bertz CT molecular complexity index is 809. The highest BCUT2D eigenvalue weighted by Gasteiger charge is 2.25. The van der Waals surface area contributed by atoms with E-state index in [0.29, 0.717) is 13.0 Å². The van der Waals surface area contributed by atoms with Crippen molar-refractivity contribution in [1.29, 1.82) is 0 Å². The number of nitrogens with zero attached hydrogens (tertiary/aromatic N) is 2. The number of methoxy groups -OCH3 is 1. The molecule has 9 heteroatoms. The summed E-state index contributed by atoms with van der Waals surface area (Å²) in [6, 6.07) is 8.50. The molecule has 1 fully saturated rings. The highest BCUT2D eigenvalue weighted by Crippen LogP contribution is 2.27. The van der Waals surface area contributed by atoms with Crippen LogP contribution < -0.4 is 15.4 Å². The number of rotatable bonds is 10. The summed E-state index contributed by atoms with van der Waals surface area (Å²) in [4.78, 5) is 6.86. The van der Waals surface area contributed by atoms with Crippen molar-refractivity contribution in [2.45, 2.75) is 39.2 Å². The first kappa shape index (κ1) is 28.0. The number of halogens is 1. The molecule has 0 aromatic heterocycles. The fraction of sp³-hybridized carbons (Fsp3) is 0.682. The first-order valence-electron chi connectivity index (χ1n) is 10.6. The summed E-state index contributed by atoms with van der Waals surface area (Å²) in [6.07, 6.45) is 4.34. The number of guanidine groups is 1. The third kappa shape index (κ3) is 9.95. The van der Waals surface area contributed by atoms with Gasteiger partial charge in [0.05, 0.1) is 18.9 Å². The third-order valence-electron chi connectivity index (χ3n) is 5.63. The molecule has 1 saturated heterocycles. The Morgan fingerprint density at radius 2 is 1.94 bits per heavy atom. The Labute approximate surface area is 205 Å². The van der Waals surface area contributed by atoms with Crippen LogP contribution in [0.3, 0.4) is 0 Å². The topological polar surface area (TPSA) is 83.0 Å². The van der Waals surface area contributed by atoms with Crippen LogP contribution in [-0.4, -0.2) is 71.6 Å². The van der Waals surface area contributed by atoms with Crippen LogP contribution in [0.15, 0.2) is 29.3 Å². The largest absolute Gasteiger partial charge is 0.497 e. The molecule has 0 spiro atoms. The second kappa shape index (κ2) is 12.8. The fourth-order valence-corrected chi connectivity index (χ4v) is 4.57. The molecule has 1 aromatic rings. The van der Waals surface area contributed by atoms with Crippen LogP contribution in [0.1, 0.15) is 44.7 Å². The average Bonchev–Trinajstić information content (AvgIpc) is 3.23. The van der Waals surface area contributed by atoms with Crippen LogP contribution >= 0.6 is 24.0 Å². The van der Waals surface area contributed by atoms with E-state index in [9.17, 15) is 8.42 Å². The van der Waals surface area contributed by atoms with Gasteiger partial charge in [-0.1, -0.05) is 26.0 Å². The number of ether oxygens (including phenoxy) is 1. The minimum absolute atomic E-state index is 0. The summed E-state index contributed by atoms with van der Waals surface area (Å²) < 4.78 is 28.4. The minimum atomic E-state index is -2.96. The quantitative estimate of drug-likeness (QED) is 0.258. The number of sulfone groups is 1. The normalized spacial score (nSPS) is 16.5. The molecule has 1 unspecified atom stereocenters. The van der Waals surface area contributed by atoms with Gasteiger partial charge in [0.25, 0.3) is 0 Å². The molecule has 1 aliphatic rings. The van der Waals surface area contributed by atoms with Crippen molar-refractivity contribution in [1.82, 2.24) is 15.5 Å². The maximum atomic E-state index is 11.5. The molecular weight excluding hydrogens is 527 g/mol. The molecule has 0 bridgehead atoms. The molecule has 1 aliphatic heterocycles. The zero-order valence-corrected chi connectivity index (χ0v) is 22.6. The molecule has 178 valence electrons. The maximum absolute atomic E-state index is 11.5. The van der Waals surface area contributed by atoms with E-state index in [2.05, 4.69) is 46.5 Å². The Morgan fingerprint density at radius 1 is 1.26 bits per heavy atom. The molecule has 1 aromatic carbocycles. The van der Waals surface area contributed by atoms with Crippen LogP contribution in [0, 0.1) is 5.41 Å². The van der Waals surface area contributed by atoms with E-state index in [1.54, 1.807) is 14.2 Å². The number of aliphatic imine (C=N–C) groups is 1. The molecule has 0 amide bonds. The molecular formula is C22H39IN4O3S. The van der Waals surface area contributed by atoms with Gasteiger partial charge in [0.15, 0.2) is 5.96 Å². The molecule has 1 heterocycles. The minimum Gasteiger partial charge on any atom is -0.497 e. The Kier molecular flexibility index (Phi) is 11.6. The third-order valence-corrected chi connectivity index (χ3v) is 6.58. The van der Waals surface area contributed by atoms with Crippen molar-refractivity contribution in [3.8, 4) is 5.75 Å². The van der Waals surface area contributed by atoms with Crippen molar-refractivity contribution in [2.75, 3.05) is 52.3 Å². The fourth-order valence-electron chi connectivity index (χ4n) is 3.65. The van der Waals surface area contributed by atoms with E-state index in [1.165, 1.54) is 24.7 Å². The van der Waals surface area contributed by atoms with Crippen LogP contribution in [0.25, 0.3) is 0 Å². The van der Waals surface area contributed by atoms with Gasteiger partial charge >= 0.3 is 0 Å². The summed E-state index contributed by atoms with van der Waals surface area (Å²) in [6.45, 7) is 7.71. The SMILES string of the molecule is CN=C(NCC(c1cccc(OC)c1)N1CCCC1)NCC(C)(C)CCS(C)(=O)=O.I. The number of hydrogen-bond donors (Lipinski definition) is 2. The Morgan fingerprint density at radius 3 is 2.52 bits per heavy atom. The number of nitrogens with one attached hydrogen (secondary N) is 2. The zero-order valence-electron chi connectivity index (χ0n) is 19.5. The van der Waals surface area contributed by atoms with E-state index in [0.717, 1.165) is 31.3 Å². The summed E-state index contributed by atoms with van der Waals surface area (Å²) in [7, 11) is 0.495. The predicted octanol–water partition coefficient (Wildman–Crippen LogP) is 3.08. The van der Waals surface area contributed by atoms with Crippen molar-refractivity contribution in [2.24, 2.45) is 10.4 Å². The first-order valence-corrected chi connectivity index (χ1v) is 12.7. The van der Waals surface area contributed by atoms with Gasteiger partial charge in [-0.05, 0) is 55.5 Å². The van der Waals surface area contributed by atoms with Gasteiger partial charge in [-0.25, -0.2) is 8.42 Å². The maximum Gasteiger partial charge on any atom is 0.191 e. The van der Waals surface area contributed by atoms with Crippen LogP contribution in [-0.2, 0) is 9.84 Å². The van der Waals surface area contributed by atoms with Crippen molar-refractivity contribution in [3.63, 3.8) is 0 Å². The smallest absolute Gasteiger partial charge is 0.191 e. The molecule has 0 radical (unpaired) electrons. The van der Waals surface area contributed by atoms with E-state index in [1.807, 2.05) is 12.1 Å². The molecule has 0 aliphatic carbocycles. The summed E-state index contributed by atoms with van der Waals surface area (Å²) in [5, 5.41) is 6.83.